The van der Waals surface area contributed by atoms with E-state index in [-0.39, 0.29) is 5.97 Å². The van der Waals surface area contributed by atoms with Crippen molar-refractivity contribution in [3.63, 3.8) is 0 Å². The molecule has 1 aromatic rings. The highest BCUT2D eigenvalue weighted by atomic mass is 16.5. The molecular formula is C13H17NO2. The van der Waals surface area contributed by atoms with E-state index < -0.39 is 0 Å². The highest BCUT2D eigenvalue weighted by Gasteiger charge is 2.18. The Labute approximate surface area is 95.8 Å². The number of methoxy groups -OCH3 is 1. The molecule has 1 unspecified atom stereocenters. The van der Waals surface area contributed by atoms with Gasteiger partial charge in [-0.3, -0.25) is 4.79 Å². The molecule has 2 rings (SSSR count). The average Bonchev–Trinajstić information content (AvgIpc) is 2.35. The van der Waals surface area contributed by atoms with Gasteiger partial charge in [0.25, 0.3) is 0 Å². The van der Waals surface area contributed by atoms with Gasteiger partial charge in [-0.2, -0.15) is 0 Å². The smallest absolute Gasteiger partial charge is 0.305 e. The summed E-state index contributed by atoms with van der Waals surface area (Å²) in [5.74, 6) is -0.124. The van der Waals surface area contributed by atoms with Crippen molar-refractivity contribution in [3.05, 3.63) is 35.4 Å². The predicted octanol–water partition coefficient (Wildman–Crippen LogP) is 1.65. The number of fused-ring (bicyclic) bond motifs is 1. The zero-order chi connectivity index (χ0) is 11.4. The van der Waals surface area contributed by atoms with Gasteiger partial charge in [0.05, 0.1) is 7.11 Å². The van der Waals surface area contributed by atoms with Gasteiger partial charge in [0.1, 0.15) is 0 Å². The van der Waals surface area contributed by atoms with E-state index in [1.807, 2.05) is 0 Å². The van der Waals surface area contributed by atoms with Crippen molar-refractivity contribution in [1.82, 2.24) is 5.32 Å². The van der Waals surface area contributed by atoms with Gasteiger partial charge >= 0.3 is 5.97 Å². The van der Waals surface area contributed by atoms with E-state index >= 15 is 0 Å². The lowest BCUT2D eigenvalue weighted by molar-refractivity contribution is -0.140. The summed E-state index contributed by atoms with van der Waals surface area (Å²) >= 11 is 0. The number of carbonyl (C=O) groups excluding carboxylic acids is 1. The van der Waals surface area contributed by atoms with E-state index in [9.17, 15) is 4.79 Å². The first-order valence-electron chi connectivity index (χ1n) is 5.66. The molecule has 1 N–H and O–H groups in total. The first-order chi connectivity index (χ1) is 7.79. The maximum absolute atomic E-state index is 11.1. The number of hydrogen-bond acceptors (Lipinski definition) is 3. The van der Waals surface area contributed by atoms with Gasteiger partial charge in [0.15, 0.2) is 0 Å². The second-order valence-electron chi connectivity index (χ2n) is 4.17. The molecule has 1 heterocycles. The minimum Gasteiger partial charge on any atom is -0.469 e. The molecule has 0 saturated heterocycles. The maximum Gasteiger partial charge on any atom is 0.305 e. The summed E-state index contributed by atoms with van der Waals surface area (Å²) in [7, 11) is 1.44. The third-order valence-corrected chi connectivity index (χ3v) is 3.09. The second-order valence-corrected chi connectivity index (χ2v) is 4.17. The van der Waals surface area contributed by atoms with Gasteiger partial charge in [0, 0.05) is 19.0 Å². The lowest BCUT2D eigenvalue weighted by atomic mass is 9.93. The fourth-order valence-corrected chi connectivity index (χ4v) is 2.12. The molecule has 0 spiro atoms. The van der Waals surface area contributed by atoms with Crippen molar-refractivity contribution in [2.75, 3.05) is 7.11 Å². The SMILES string of the molecule is COC(=O)CCC1Cc2ccccc2CN1. The van der Waals surface area contributed by atoms with Crippen LogP contribution in [0.15, 0.2) is 24.3 Å². The van der Waals surface area contributed by atoms with Gasteiger partial charge in [-0.15, -0.1) is 0 Å². The molecule has 16 heavy (non-hydrogen) atoms. The molecule has 1 atom stereocenters. The quantitative estimate of drug-likeness (QED) is 0.786. The molecular weight excluding hydrogens is 202 g/mol. The third-order valence-electron chi connectivity index (χ3n) is 3.09. The van der Waals surface area contributed by atoms with Crippen LogP contribution in [0.2, 0.25) is 0 Å². The Morgan fingerprint density at radius 2 is 2.19 bits per heavy atom. The number of hydrogen-bond donors (Lipinski definition) is 1. The Morgan fingerprint density at radius 3 is 2.94 bits per heavy atom. The van der Waals surface area contributed by atoms with E-state index in [0.29, 0.717) is 12.5 Å². The topological polar surface area (TPSA) is 38.3 Å². The molecule has 0 saturated carbocycles. The monoisotopic (exact) mass is 219 g/mol. The predicted molar refractivity (Wildman–Crippen MR) is 62.0 cm³/mol. The zero-order valence-electron chi connectivity index (χ0n) is 9.53. The second kappa shape index (κ2) is 5.12. The van der Waals surface area contributed by atoms with Crippen molar-refractivity contribution in [2.45, 2.75) is 31.8 Å². The highest BCUT2D eigenvalue weighted by Crippen LogP contribution is 2.18. The van der Waals surface area contributed by atoms with Crippen LogP contribution in [0, 0.1) is 0 Å². The Balaban J connectivity index is 1.90. The van der Waals surface area contributed by atoms with E-state index in [4.69, 9.17) is 0 Å². The largest absolute Gasteiger partial charge is 0.469 e. The lowest BCUT2D eigenvalue weighted by Gasteiger charge is -2.25. The molecule has 0 aromatic heterocycles. The first kappa shape index (κ1) is 11.1. The normalized spacial score (nSPS) is 18.9. The van der Waals surface area contributed by atoms with Gasteiger partial charge in [-0.1, -0.05) is 24.3 Å². The highest BCUT2D eigenvalue weighted by molar-refractivity contribution is 5.69. The van der Waals surface area contributed by atoms with Crippen LogP contribution in [-0.4, -0.2) is 19.1 Å². The Kier molecular flexibility index (Phi) is 3.57. The first-order valence-corrected chi connectivity index (χ1v) is 5.66. The van der Waals surface area contributed by atoms with Crippen LogP contribution < -0.4 is 5.32 Å². The van der Waals surface area contributed by atoms with Gasteiger partial charge in [-0.05, 0) is 24.0 Å². The summed E-state index contributed by atoms with van der Waals surface area (Å²) in [5, 5.41) is 3.45. The van der Waals surface area contributed by atoms with Crippen LogP contribution in [0.4, 0.5) is 0 Å². The van der Waals surface area contributed by atoms with Crippen LogP contribution in [0.5, 0.6) is 0 Å². The minimum absolute atomic E-state index is 0.124. The molecule has 3 heteroatoms. The van der Waals surface area contributed by atoms with Gasteiger partial charge in [-0.25, -0.2) is 0 Å². The fourth-order valence-electron chi connectivity index (χ4n) is 2.12. The summed E-state index contributed by atoms with van der Waals surface area (Å²) in [6.07, 6.45) is 2.35. The van der Waals surface area contributed by atoms with Crippen LogP contribution in [0.1, 0.15) is 24.0 Å². The van der Waals surface area contributed by atoms with Crippen molar-refractivity contribution in [3.8, 4) is 0 Å². The molecule has 1 aromatic carbocycles. The minimum atomic E-state index is -0.124. The Bertz CT molecular complexity index is 376. The van der Waals surface area contributed by atoms with Crippen molar-refractivity contribution in [2.24, 2.45) is 0 Å². The van der Waals surface area contributed by atoms with Crippen LogP contribution in [0.3, 0.4) is 0 Å². The third kappa shape index (κ3) is 2.61. The molecule has 0 aliphatic carbocycles. The molecule has 0 amide bonds. The number of carbonyl (C=O) groups is 1. The standard InChI is InChI=1S/C13H17NO2/c1-16-13(15)7-6-12-8-10-4-2-3-5-11(10)9-14-12/h2-5,12,14H,6-9H2,1H3. The van der Waals surface area contributed by atoms with Crippen LogP contribution in [0.25, 0.3) is 0 Å². The summed E-state index contributed by atoms with van der Waals surface area (Å²) in [6.45, 7) is 0.905. The van der Waals surface area contributed by atoms with E-state index in [0.717, 1.165) is 19.4 Å². The molecule has 86 valence electrons. The van der Waals surface area contributed by atoms with Crippen LogP contribution >= 0.6 is 0 Å². The van der Waals surface area contributed by atoms with Crippen molar-refractivity contribution in [1.29, 1.82) is 0 Å². The zero-order valence-corrected chi connectivity index (χ0v) is 9.53. The number of ether oxygens (including phenoxy) is 1. The number of esters is 1. The van der Waals surface area contributed by atoms with E-state index in [2.05, 4.69) is 34.3 Å². The van der Waals surface area contributed by atoms with Gasteiger partial charge in [0.2, 0.25) is 0 Å². The number of benzene rings is 1. The average molecular weight is 219 g/mol. The molecule has 3 nitrogen and oxygen atoms in total. The molecule has 0 radical (unpaired) electrons. The summed E-state index contributed by atoms with van der Waals surface area (Å²) in [5.41, 5.74) is 2.77. The van der Waals surface area contributed by atoms with E-state index in [1.54, 1.807) is 0 Å². The summed E-state index contributed by atoms with van der Waals surface area (Å²) in [6, 6.07) is 8.85. The van der Waals surface area contributed by atoms with Gasteiger partial charge < -0.3 is 10.1 Å². The van der Waals surface area contributed by atoms with Crippen molar-refractivity contribution >= 4 is 5.97 Å². The lowest BCUT2D eigenvalue weighted by Crippen LogP contribution is -2.35. The summed E-state index contributed by atoms with van der Waals surface area (Å²) < 4.78 is 4.64. The van der Waals surface area contributed by atoms with Crippen LogP contribution in [-0.2, 0) is 22.5 Å². The molecule has 0 bridgehead atoms. The molecule has 1 aliphatic rings. The molecule has 0 fully saturated rings. The Hall–Kier alpha value is -1.35. The number of nitrogens with one attached hydrogen (secondary N) is 1. The number of rotatable bonds is 3. The van der Waals surface area contributed by atoms with Crippen molar-refractivity contribution < 1.29 is 9.53 Å². The molecule has 1 aliphatic heterocycles. The van der Waals surface area contributed by atoms with E-state index in [1.165, 1.54) is 18.2 Å². The summed E-state index contributed by atoms with van der Waals surface area (Å²) in [4.78, 5) is 11.1. The Morgan fingerprint density at radius 1 is 1.44 bits per heavy atom. The fraction of sp³-hybridized carbons (Fsp3) is 0.462. The maximum atomic E-state index is 11.1.